The molecule has 10 atom stereocenters. The zero-order chi connectivity index (χ0) is 25.0. The standard InChI is InChI=1S/C24H33NO9/c1-12(2)22(30)16(33-15(27)14-6-5-9-25-14)23(31)17(3)11-21(29)18(22,4)24(23,32)20(34-21)10-13(26)7-8-19(17,20)28/h5-6,9,12-13,16,25-26,28-32H,7-8,10-11H2,1-4H3/t13-,16+,17-,18-,19-,20+,21-,22+,23+,24-/m0/s1. The molecule has 1 aromatic heterocycles. The van der Waals surface area contributed by atoms with Gasteiger partial charge in [-0.3, -0.25) is 0 Å². The number of hydrogen-bond donors (Lipinski definition) is 7. The van der Waals surface area contributed by atoms with Gasteiger partial charge in [0, 0.05) is 24.5 Å². The fraction of sp³-hybridized carbons (Fsp3) is 0.792. The van der Waals surface area contributed by atoms with Crippen molar-refractivity contribution < 1.29 is 44.9 Å². The van der Waals surface area contributed by atoms with Gasteiger partial charge in [-0.1, -0.05) is 20.8 Å². The Bertz CT molecular complexity index is 1090. The third kappa shape index (κ3) is 1.65. The first kappa shape index (κ1) is 22.9. The maximum atomic E-state index is 13.1. The van der Waals surface area contributed by atoms with Gasteiger partial charge < -0.3 is 45.1 Å². The van der Waals surface area contributed by atoms with Crippen molar-refractivity contribution in [3.63, 3.8) is 0 Å². The van der Waals surface area contributed by atoms with E-state index in [1.807, 2.05) is 0 Å². The number of aliphatic hydroxyl groups excluding tert-OH is 1. The largest absolute Gasteiger partial charge is 0.451 e. The summed E-state index contributed by atoms with van der Waals surface area (Å²) < 4.78 is 12.0. The van der Waals surface area contributed by atoms with E-state index in [9.17, 15) is 35.4 Å². The Morgan fingerprint density at radius 2 is 1.88 bits per heavy atom. The number of aromatic nitrogens is 1. The van der Waals surface area contributed by atoms with Crippen LogP contribution in [-0.2, 0) is 9.47 Å². The van der Waals surface area contributed by atoms with Gasteiger partial charge in [-0.15, -0.1) is 0 Å². The van der Waals surface area contributed by atoms with E-state index < -0.39 is 68.7 Å². The summed E-state index contributed by atoms with van der Waals surface area (Å²) in [5, 5.41) is 72.5. The van der Waals surface area contributed by atoms with Gasteiger partial charge >= 0.3 is 5.97 Å². The van der Waals surface area contributed by atoms with Crippen molar-refractivity contribution in [1.82, 2.24) is 4.98 Å². The van der Waals surface area contributed by atoms with Crippen molar-refractivity contribution >= 4 is 5.97 Å². The van der Waals surface area contributed by atoms with E-state index in [0.29, 0.717) is 0 Å². The molecule has 1 spiro atoms. The van der Waals surface area contributed by atoms with Gasteiger partial charge in [-0.25, -0.2) is 4.79 Å². The van der Waals surface area contributed by atoms with Crippen LogP contribution in [0.3, 0.4) is 0 Å². The average Bonchev–Trinajstić information content (AvgIpc) is 3.37. The first-order valence-corrected chi connectivity index (χ1v) is 11.9. The molecular formula is C24H33NO9. The van der Waals surface area contributed by atoms with Gasteiger partial charge in [-0.05, 0) is 37.8 Å². The number of hydrogen-bond acceptors (Lipinski definition) is 9. The molecule has 4 aliphatic carbocycles. The van der Waals surface area contributed by atoms with Crippen LogP contribution >= 0.6 is 0 Å². The maximum absolute atomic E-state index is 13.1. The number of nitrogens with one attached hydrogen (secondary N) is 1. The molecule has 1 aromatic rings. The summed E-state index contributed by atoms with van der Waals surface area (Å²) in [6.07, 6.45) is -1.57. The lowest BCUT2D eigenvalue weighted by molar-refractivity contribution is -0.379. The monoisotopic (exact) mass is 479 g/mol. The third-order valence-corrected chi connectivity index (χ3v) is 10.9. The second-order valence-electron chi connectivity index (χ2n) is 11.9. The summed E-state index contributed by atoms with van der Waals surface area (Å²) in [7, 11) is 0. The normalized spacial score (nSPS) is 59.0. The average molecular weight is 480 g/mol. The Morgan fingerprint density at radius 1 is 1.21 bits per heavy atom. The first-order valence-electron chi connectivity index (χ1n) is 11.9. The molecule has 188 valence electrons. The highest BCUT2D eigenvalue weighted by molar-refractivity contribution is 5.87. The van der Waals surface area contributed by atoms with Crippen molar-refractivity contribution in [3.8, 4) is 0 Å². The molecule has 4 saturated carbocycles. The number of rotatable bonds is 3. The number of aromatic amines is 1. The lowest BCUT2D eigenvalue weighted by atomic mass is 9.52. The van der Waals surface area contributed by atoms with Gasteiger partial charge in [0.15, 0.2) is 11.9 Å². The van der Waals surface area contributed by atoms with Gasteiger partial charge in [-0.2, -0.15) is 0 Å². The van der Waals surface area contributed by atoms with E-state index in [4.69, 9.17) is 9.47 Å². The summed E-state index contributed by atoms with van der Waals surface area (Å²) >= 11 is 0. The molecular weight excluding hydrogens is 446 g/mol. The van der Waals surface area contributed by atoms with Crippen LogP contribution in [0.2, 0.25) is 0 Å². The van der Waals surface area contributed by atoms with E-state index in [1.54, 1.807) is 19.9 Å². The topological polar surface area (TPSA) is 173 Å². The lowest BCUT2D eigenvalue weighted by Gasteiger charge is -2.59. The number of ether oxygens (including phenoxy) is 2. The number of H-pyrrole nitrogens is 1. The van der Waals surface area contributed by atoms with Crippen LogP contribution in [0.4, 0.5) is 0 Å². The predicted molar refractivity (Wildman–Crippen MR) is 114 cm³/mol. The number of aliphatic hydroxyl groups is 6. The first-order chi connectivity index (χ1) is 15.6. The van der Waals surface area contributed by atoms with Gasteiger partial charge in [0.05, 0.1) is 11.5 Å². The molecule has 7 N–H and O–H groups in total. The van der Waals surface area contributed by atoms with Crippen LogP contribution in [-0.4, -0.2) is 87.6 Å². The van der Waals surface area contributed by atoms with Crippen molar-refractivity contribution in [1.29, 1.82) is 0 Å². The molecule has 7 rings (SSSR count). The van der Waals surface area contributed by atoms with Gasteiger partial charge in [0.25, 0.3) is 0 Å². The zero-order valence-electron chi connectivity index (χ0n) is 19.7. The van der Waals surface area contributed by atoms with Gasteiger partial charge in [0.2, 0.25) is 0 Å². The van der Waals surface area contributed by atoms with Crippen molar-refractivity contribution in [3.05, 3.63) is 24.0 Å². The van der Waals surface area contributed by atoms with E-state index >= 15 is 0 Å². The van der Waals surface area contributed by atoms with Crippen LogP contribution in [0.25, 0.3) is 0 Å². The van der Waals surface area contributed by atoms with Crippen LogP contribution in [0.15, 0.2) is 18.3 Å². The van der Waals surface area contributed by atoms with Gasteiger partial charge in [0.1, 0.15) is 33.7 Å². The smallest absolute Gasteiger partial charge is 0.355 e. The summed E-state index contributed by atoms with van der Waals surface area (Å²) in [5.74, 6) is -3.77. The maximum Gasteiger partial charge on any atom is 0.355 e. The molecule has 2 aliphatic heterocycles. The molecule has 10 heteroatoms. The lowest BCUT2D eigenvalue weighted by Crippen LogP contribution is -2.73. The number of esters is 1. The summed E-state index contributed by atoms with van der Waals surface area (Å²) in [6, 6.07) is 3.07. The zero-order valence-corrected chi connectivity index (χ0v) is 19.7. The Hall–Kier alpha value is -1.53. The van der Waals surface area contributed by atoms with E-state index in [2.05, 4.69) is 4.98 Å². The molecule has 0 unspecified atom stereocenters. The highest BCUT2D eigenvalue weighted by Gasteiger charge is 3.09. The number of carbonyl (C=O) groups is 1. The molecule has 0 amide bonds. The molecule has 6 bridgehead atoms. The van der Waals surface area contributed by atoms with Crippen LogP contribution in [0, 0.1) is 16.7 Å². The summed E-state index contributed by atoms with van der Waals surface area (Å²) in [5.41, 5.74) is -14.5. The van der Waals surface area contributed by atoms with Crippen molar-refractivity contribution in [2.45, 2.75) is 99.4 Å². The van der Waals surface area contributed by atoms with Crippen molar-refractivity contribution in [2.24, 2.45) is 16.7 Å². The molecule has 6 fully saturated rings. The Morgan fingerprint density at radius 3 is 2.47 bits per heavy atom. The van der Waals surface area contributed by atoms with Crippen LogP contribution < -0.4 is 0 Å². The molecule has 6 aliphatic rings. The minimum absolute atomic E-state index is 0.0150. The minimum atomic E-state index is -2.47. The van der Waals surface area contributed by atoms with Crippen LogP contribution in [0.5, 0.6) is 0 Å². The molecule has 2 saturated heterocycles. The molecule has 34 heavy (non-hydrogen) atoms. The second-order valence-corrected chi connectivity index (χ2v) is 11.9. The molecule has 3 heterocycles. The Labute approximate surface area is 196 Å². The Kier molecular flexibility index (Phi) is 3.85. The fourth-order valence-electron chi connectivity index (χ4n) is 9.35. The molecule has 10 nitrogen and oxygen atoms in total. The number of carbonyl (C=O) groups excluding carboxylic acids is 1. The van der Waals surface area contributed by atoms with E-state index in [0.717, 1.165) is 0 Å². The second kappa shape index (κ2) is 5.72. The van der Waals surface area contributed by atoms with E-state index in [-0.39, 0.29) is 31.4 Å². The summed E-state index contributed by atoms with van der Waals surface area (Å²) in [6.45, 7) is 6.24. The highest BCUT2D eigenvalue weighted by Crippen LogP contribution is 2.90. The third-order valence-electron chi connectivity index (χ3n) is 10.9. The Balaban J connectivity index is 1.67. The molecule has 0 radical (unpaired) electrons. The quantitative estimate of drug-likeness (QED) is 0.284. The fourth-order valence-corrected chi connectivity index (χ4v) is 9.35. The van der Waals surface area contributed by atoms with E-state index in [1.165, 1.54) is 26.1 Å². The highest BCUT2D eigenvalue weighted by atomic mass is 16.7. The van der Waals surface area contributed by atoms with Crippen molar-refractivity contribution in [2.75, 3.05) is 0 Å². The SMILES string of the molecule is CC(C)[C@@]1(O)[C@@H](OC(=O)c2ccc[nH]2)[C@@]2(O)[C@@]3(C)C[C@]4(O)O[C@@]5(C[C@@H](O)CC[C@]35O)[C@@]2(O)[C@]14C. The minimum Gasteiger partial charge on any atom is -0.451 e. The summed E-state index contributed by atoms with van der Waals surface area (Å²) in [4.78, 5) is 15.8. The predicted octanol–water partition coefficient (Wildman–Crippen LogP) is -0.434. The van der Waals surface area contributed by atoms with Crippen LogP contribution in [0.1, 0.15) is 63.9 Å². The molecule has 0 aromatic carbocycles.